The second kappa shape index (κ2) is 4.26. The van der Waals surface area contributed by atoms with Gasteiger partial charge in [-0.05, 0) is 25.3 Å². The molecule has 2 rings (SSSR count). The van der Waals surface area contributed by atoms with E-state index in [2.05, 4.69) is 28.0 Å². The largest absolute Gasteiger partial charge is 0.314 e. The van der Waals surface area contributed by atoms with Gasteiger partial charge < -0.3 is 4.57 Å². The van der Waals surface area contributed by atoms with Gasteiger partial charge in [-0.3, -0.25) is 4.99 Å². The summed E-state index contributed by atoms with van der Waals surface area (Å²) in [5.41, 5.74) is 2.19. The maximum absolute atomic E-state index is 4.15. The van der Waals surface area contributed by atoms with Crippen molar-refractivity contribution in [1.29, 1.82) is 0 Å². The van der Waals surface area contributed by atoms with E-state index >= 15 is 0 Å². The summed E-state index contributed by atoms with van der Waals surface area (Å²) in [5.74, 6) is 1.78. The minimum atomic E-state index is 0.630. The average molecular weight is 214 g/mol. The summed E-state index contributed by atoms with van der Waals surface area (Å²) in [6.07, 6.45) is 0. The van der Waals surface area contributed by atoms with Crippen molar-refractivity contribution in [3.8, 4) is 11.4 Å². The molecule has 0 saturated carbocycles. The van der Waals surface area contributed by atoms with Gasteiger partial charge in [0.15, 0.2) is 5.82 Å². The second-order valence-electron chi connectivity index (χ2n) is 3.71. The van der Waals surface area contributed by atoms with E-state index in [1.54, 1.807) is 0 Å². The first-order valence-corrected chi connectivity index (χ1v) is 5.10. The first-order valence-electron chi connectivity index (χ1n) is 5.10. The predicted octanol–water partition coefficient (Wildman–Crippen LogP) is 1.99. The molecule has 1 aromatic heterocycles. The van der Waals surface area contributed by atoms with Crippen molar-refractivity contribution in [3.05, 3.63) is 35.7 Å². The zero-order chi connectivity index (χ0) is 11.5. The number of nitrogens with zero attached hydrogens (tertiary/aromatic N) is 4. The summed E-state index contributed by atoms with van der Waals surface area (Å²) in [6.45, 7) is 6.06. The van der Waals surface area contributed by atoms with Crippen LogP contribution >= 0.6 is 0 Å². The van der Waals surface area contributed by atoms with Crippen LogP contribution in [0.25, 0.3) is 11.4 Å². The lowest BCUT2D eigenvalue weighted by molar-refractivity contribution is 0.864. The van der Waals surface area contributed by atoms with E-state index in [1.165, 1.54) is 0 Å². The van der Waals surface area contributed by atoms with Gasteiger partial charge in [0.1, 0.15) is 5.82 Å². The van der Waals surface area contributed by atoms with Gasteiger partial charge in [0, 0.05) is 12.6 Å². The SMILES string of the molecule is C=NCc1cccc(-c2nnc(C)n2C)c1. The van der Waals surface area contributed by atoms with Crippen LogP contribution < -0.4 is 0 Å². The number of benzene rings is 1. The standard InChI is InChI=1S/C12H14N4/c1-9-14-15-12(16(9)3)11-6-4-5-10(7-11)8-13-2/h4-7H,2,8H2,1,3H3. The van der Waals surface area contributed by atoms with Crippen LogP contribution in [-0.2, 0) is 13.6 Å². The Morgan fingerprint density at radius 2 is 2.19 bits per heavy atom. The maximum Gasteiger partial charge on any atom is 0.163 e. The number of rotatable bonds is 3. The molecule has 0 N–H and O–H groups in total. The molecule has 4 heteroatoms. The molecule has 0 unspecified atom stereocenters. The molecule has 0 radical (unpaired) electrons. The second-order valence-corrected chi connectivity index (χ2v) is 3.71. The quantitative estimate of drug-likeness (QED) is 0.733. The predicted molar refractivity (Wildman–Crippen MR) is 64.4 cm³/mol. The molecule has 16 heavy (non-hydrogen) atoms. The summed E-state index contributed by atoms with van der Waals surface area (Å²) in [7, 11) is 1.96. The van der Waals surface area contributed by atoms with E-state index in [0.29, 0.717) is 6.54 Å². The van der Waals surface area contributed by atoms with E-state index in [-0.39, 0.29) is 0 Å². The van der Waals surface area contributed by atoms with Crippen molar-refractivity contribution in [3.63, 3.8) is 0 Å². The van der Waals surface area contributed by atoms with Gasteiger partial charge in [0.25, 0.3) is 0 Å². The fraction of sp³-hybridized carbons (Fsp3) is 0.250. The molecule has 0 saturated heterocycles. The third-order valence-electron chi connectivity index (χ3n) is 2.57. The van der Waals surface area contributed by atoms with Crippen LogP contribution in [0.5, 0.6) is 0 Å². The minimum Gasteiger partial charge on any atom is -0.314 e. The van der Waals surface area contributed by atoms with Crippen LogP contribution in [-0.4, -0.2) is 21.5 Å². The van der Waals surface area contributed by atoms with Gasteiger partial charge in [-0.1, -0.05) is 18.2 Å². The van der Waals surface area contributed by atoms with Gasteiger partial charge in [0.2, 0.25) is 0 Å². The van der Waals surface area contributed by atoms with Crippen molar-refractivity contribution < 1.29 is 0 Å². The summed E-state index contributed by atoms with van der Waals surface area (Å²) in [4.78, 5) is 3.88. The van der Waals surface area contributed by atoms with Crippen LogP contribution in [0.3, 0.4) is 0 Å². The van der Waals surface area contributed by atoms with Crippen LogP contribution in [0.1, 0.15) is 11.4 Å². The molecule has 0 amide bonds. The molecule has 0 spiro atoms. The molecule has 0 aliphatic rings. The number of hydrogen-bond acceptors (Lipinski definition) is 3. The van der Waals surface area contributed by atoms with Gasteiger partial charge in [-0.2, -0.15) is 0 Å². The lowest BCUT2D eigenvalue weighted by Crippen LogP contribution is -1.95. The van der Waals surface area contributed by atoms with Crippen molar-refractivity contribution in [2.45, 2.75) is 13.5 Å². The highest BCUT2D eigenvalue weighted by Gasteiger charge is 2.07. The molecule has 0 bridgehead atoms. The summed E-state index contributed by atoms with van der Waals surface area (Å²) < 4.78 is 1.97. The smallest absolute Gasteiger partial charge is 0.163 e. The summed E-state index contributed by atoms with van der Waals surface area (Å²) in [6, 6.07) is 8.12. The third kappa shape index (κ3) is 1.86. The zero-order valence-electron chi connectivity index (χ0n) is 9.51. The van der Waals surface area contributed by atoms with Crippen LogP contribution in [0.15, 0.2) is 29.3 Å². The highest BCUT2D eigenvalue weighted by Crippen LogP contribution is 2.18. The molecule has 4 nitrogen and oxygen atoms in total. The number of aryl methyl sites for hydroxylation is 1. The Balaban J connectivity index is 2.44. The lowest BCUT2D eigenvalue weighted by Gasteiger charge is -2.03. The van der Waals surface area contributed by atoms with E-state index in [4.69, 9.17) is 0 Å². The molecule has 0 aliphatic carbocycles. The van der Waals surface area contributed by atoms with Crippen molar-refractivity contribution >= 4 is 6.72 Å². The van der Waals surface area contributed by atoms with E-state index in [1.807, 2.05) is 36.7 Å². The van der Waals surface area contributed by atoms with Crippen molar-refractivity contribution in [1.82, 2.24) is 14.8 Å². The summed E-state index contributed by atoms with van der Waals surface area (Å²) >= 11 is 0. The Labute approximate surface area is 94.7 Å². The fourth-order valence-electron chi connectivity index (χ4n) is 1.60. The van der Waals surface area contributed by atoms with Crippen LogP contribution in [0.2, 0.25) is 0 Å². The molecule has 0 fully saturated rings. The number of aromatic nitrogens is 3. The first kappa shape index (κ1) is 10.5. The molecule has 2 aromatic rings. The van der Waals surface area contributed by atoms with Gasteiger partial charge >= 0.3 is 0 Å². The topological polar surface area (TPSA) is 43.1 Å². The number of aliphatic imine (C=N–C) groups is 1. The third-order valence-corrected chi connectivity index (χ3v) is 2.57. The maximum atomic E-state index is 4.15. The Bertz CT molecular complexity index is 513. The van der Waals surface area contributed by atoms with Crippen LogP contribution in [0.4, 0.5) is 0 Å². The fourth-order valence-corrected chi connectivity index (χ4v) is 1.60. The monoisotopic (exact) mass is 214 g/mol. The molecule has 0 atom stereocenters. The summed E-state index contributed by atoms with van der Waals surface area (Å²) in [5, 5.41) is 8.20. The van der Waals surface area contributed by atoms with Gasteiger partial charge in [-0.25, -0.2) is 0 Å². The highest BCUT2D eigenvalue weighted by atomic mass is 15.3. The normalized spacial score (nSPS) is 10.4. The lowest BCUT2D eigenvalue weighted by atomic mass is 10.1. The van der Waals surface area contributed by atoms with Gasteiger partial charge in [0.05, 0.1) is 6.54 Å². The first-order chi connectivity index (χ1) is 7.72. The van der Waals surface area contributed by atoms with E-state index < -0.39 is 0 Å². The van der Waals surface area contributed by atoms with Gasteiger partial charge in [-0.15, -0.1) is 10.2 Å². The minimum absolute atomic E-state index is 0.630. The molecule has 82 valence electrons. The molecule has 1 heterocycles. The Hall–Kier alpha value is -1.97. The molecular formula is C12H14N4. The van der Waals surface area contributed by atoms with Crippen LogP contribution in [0, 0.1) is 6.92 Å². The molecular weight excluding hydrogens is 200 g/mol. The Morgan fingerprint density at radius 3 is 2.81 bits per heavy atom. The Morgan fingerprint density at radius 1 is 1.38 bits per heavy atom. The highest BCUT2D eigenvalue weighted by molar-refractivity contribution is 5.56. The molecule has 1 aromatic carbocycles. The van der Waals surface area contributed by atoms with E-state index in [0.717, 1.165) is 22.8 Å². The number of hydrogen-bond donors (Lipinski definition) is 0. The average Bonchev–Trinajstić information content (AvgIpc) is 2.61. The van der Waals surface area contributed by atoms with Crippen molar-refractivity contribution in [2.75, 3.05) is 0 Å². The Kier molecular flexibility index (Phi) is 2.81. The van der Waals surface area contributed by atoms with E-state index in [9.17, 15) is 0 Å². The van der Waals surface area contributed by atoms with Crippen molar-refractivity contribution in [2.24, 2.45) is 12.0 Å². The molecule has 0 aliphatic heterocycles. The zero-order valence-corrected chi connectivity index (χ0v) is 9.51.